The van der Waals surface area contributed by atoms with Gasteiger partial charge in [0.2, 0.25) is 0 Å². The number of amides is 2. The highest BCUT2D eigenvalue weighted by Gasteiger charge is 2.15. The van der Waals surface area contributed by atoms with Crippen molar-refractivity contribution in [2.75, 3.05) is 12.4 Å². The van der Waals surface area contributed by atoms with Crippen molar-refractivity contribution in [3.8, 4) is 5.75 Å². The molecule has 2 N–H and O–H groups in total. The van der Waals surface area contributed by atoms with Gasteiger partial charge in [0.15, 0.2) is 0 Å². The number of aromatic nitrogens is 3. The van der Waals surface area contributed by atoms with Crippen LogP contribution in [-0.2, 0) is 6.54 Å². The zero-order chi connectivity index (χ0) is 19.2. The Balaban J connectivity index is 1.71. The summed E-state index contributed by atoms with van der Waals surface area (Å²) in [6.07, 6.45) is 0.625. The Morgan fingerprint density at radius 1 is 1.19 bits per heavy atom. The molecular formula is C19H21N5O3. The summed E-state index contributed by atoms with van der Waals surface area (Å²) in [5.41, 5.74) is 0.884. The summed E-state index contributed by atoms with van der Waals surface area (Å²) in [7, 11) is 1.54. The molecule has 1 atom stereocenters. The van der Waals surface area contributed by atoms with Gasteiger partial charge in [0.1, 0.15) is 11.3 Å². The molecule has 0 radical (unpaired) electrons. The van der Waals surface area contributed by atoms with E-state index < -0.39 is 0 Å². The predicted octanol–water partition coefficient (Wildman–Crippen LogP) is 2.40. The summed E-state index contributed by atoms with van der Waals surface area (Å²) in [6.45, 7) is 2.15. The largest absolute Gasteiger partial charge is 0.495 e. The molecule has 0 aliphatic heterocycles. The Kier molecular flexibility index (Phi) is 5.65. The molecule has 3 aromatic rings. The monoisotopic (exact) mass is 367 g/mol. The SMILES string of the molecule is CC[C@@H](Cn1nnc2ccccc2c1=O)NC(=O)Nc1ccccc1OC. The van der Waals surface area contributed by atoms with Crippen LogP contribution in [0, 0.1) is 0 Å². The third kappa shape index (κ3) is 4.22. The number of nitrogens with zero attached hydrogens (tertiary/aromatic N) is 3. The van der Waals surface area contributed by atoms with E-state index in [0.717, 1.165) is 0 Å². The minimum absolute atomic E-state index is 0.229. The second-order valence-electron chi connectivity index (χ2n) is 6.00. The molecule has 2 aromatic carbocycles. The van der Waals surface area contributed by atoms with E-state index in [0.29, 0.717) is 28.8 Å². The molecule has 1 heterocycles. The topological polar surface area (TPSA) is 98.1 Å². The Bertz CT molecular complexity index is 1000. The van der Waals surface area contributed by atoms with E-state index in [-0.39, 0.29) is 24.2 Å². The molecular weight excluding hydrogens is 346 g/mol. The summed E-state index contributed by atoms with van der Waals surface area (Å²) < 4.78 is 6.50. The van der Waals surface area contributed by atoms with Gasteiger partial charge in [-0.2, -0.15) is 0 Å². The van der Waals surface area contributed by atoms with Crippen LogP contribution in [0.25, 0.3) is 10.9 Å². The minimum atomic E-state index is -0.381. The lowest BCUT2D eigenvalue weighted by Gasteiger charge is -2.18. The van der Waals surface area contributed by atoms with Crippen molar-refractivity contribution in [3.05, 3.63) is 58.9 Å². The zero-order valence-electron chi connectivity index (χ0n) is 15.2. The maximum Gasteiger partial charge on any atom is 0.319 e. The van der Waals surface area contributed by atoms with Crippen LogP contribution in [0.1, 0.15) is 13.3 Å². The molecule has 0 spiro atoms. The van der Waals surface area contributed by atoms with Crippen molar-refractivity contribution in [3.63, 3.8) is 0 Å². The van der Waals surface area contributed by atoms with Crippen molar-refractivity contribution in [2.45, 2.75) is 25.9 Å². The fraction of sp³-hybridized carbons (Fsp3) is 0.263. The smallest absolute Gasteiger partial charge is 0.319 e. The number of rotatable bonds is 6. The van der Waals surface area contributed by atoms with Gasteiger partial charge in [0.05, 0.1) is 30.8 Å². The number of para-hydroxylation sites is 2. The minimum Gasteiger partial charge on any atom is -0.495 e. The van der Waals surface area contributed by atoms with E-state index >= 15 is 0 Å². The molecule has 0 unspecified atom stereocenters. The molecule has 0 saturated carbocycles. The second-order valence-corrected chi connectivity index (χ2v) is 6.00. The van der Waals surface area contributed by atoms with Crippen molar-refractivity contribution in [1.29, 1.82) is 0 Å². The van der Waals surface area contributed by atoms with Crippen LogP contribution < -0.4 is 20.9 Å². The molecule has 2 amide bonds. The fourth-order valence-corrected chi connectivity index (χ4v) is 2.72. The number of hydrogen-bond acceptors (Lipinski definition) is 5. The van der Waals surface area contributed by atoms with E-state index in [4.69, 9.17) is 4.74 Å². The van der Waals surface area contributed by atoms with Crippen molar-refractivity contribution in [2.24, 2.45) is 0 Å². The molecule has 8 heteroatoms. The van der Waals surface area contributed by atoms with Crippen LogP contribution in [0.5, 0.6) is 5.75 Å². The van der Waals surface area contributed by atoms with Gasteiger partial charge in [-0.3, -0.25) is 4.79 Å². The Morgan fingerprint density at radius 3 is 2.70 bits per heavy atom. The zero-order valence-corrected chi connectivity index (χ0v) is 15.2. The van der Waals surface area contributed by atoms with Crippen LogP contribution in [0.3, 0.4) is 0 Å². The maximum atomic E-state index is 12.6. The lowest BCUT2D eigenvalue weighted by molar-refractivity contribution is 0.245. The average molecular weight is 367 g/mol. The van der Waals surface area contributed by atoms with E-state index in [1.54, 1.807) is 42.5 Å². The second kappa shape index (κ2) is 8.31. The van der Waals surface area contributed by atoms with Gasteiger partial charge in [-0.1, -0.05) is 36.4 Å². The van der Waals surface area contributed by atoms with Crippen LogP contribution in [-0.4, -0.2) is 34.2 Å². The van der Waals surface area contributed by atoms with Gasteiger partial charge in [0.25, 0.3) is 5.56 Å². The first-order valence-corrected chi connectivity index (χ1v) is 8.65. The molecule has 0 aliphatic rings. The van der Waals surface area contributed by atoms with Crippen LogP contribution in [0.2, 0.25) is 0 Å². The van der Waals surface area contributed by atoms with E-state index in [2.05, 4.69) is 20.9 Å². The Labute approximate surface area is 156 Å². The van der Waals surface area contributed by atoms with Gasteiger partial charge in [-0.15, -0.1) is 5.10 Å². The molecule has 0 aliphatic carbocycles. The number of benzene rings is 2. The number of carbonyl (C=O) groups excluding carboxylic acids is 1. The van der Waals surface area contributed by atoms with Crippen LogP contribution >= 0.6 is 0 Å². The standard InChI is InChI=1S/C19H21N5O3/c1-3-13(20-19(26)21-16-10-6-7-11-17(16)27-2)12-24-18(25)14-8-4-5-9-15(14)22-23-24/h4-11,13H,3,12H2,1-2H3,(H2,20,21,26)/t13-/m0/s1. The highest BCUT2D eigenvalue weighted by molar-refractivity contribution is 5.91. The van der Waals surface area contributed by atoms with Gasteiger partial charge in [0, 0.05) is 0 Å². The molecule has 27 heavy (non-hydrogen) atoms. The number of anilines is 1. The highest BCUT2D eigenvalue weighted by atomic mass is 16.5. The first-order chi connectivity index (χ1) is 13.1. The van der Waals surface area contributed by atoms with Gasteiger partial charge in [-0.05, 0) is 30.7 Å². The number of carbonyl (C=O) groups is 1. The highest BCUT2D eigenvalue weighted by Crippen LogP contribution is 2.22. The van der Waals surface area contributed by atoms with Crippen LogP contribution in [0.4, 0.5) is 10.5 Å². The summed E-state index contributed by atoms with van der Waals surface area (Å²) >= 11 is 0. The predicted molar refractivity (Wildman–Crippen MR) is 103 cm³/mol. The number of urea groups is 1. The Morgan fingerprint density at radius 2 is 1.93 bits per heavy atom. The molecule has 8 nitrogen and oxygen atoms in total. The number of ether oxygens (including phenoxy) is 1. The normalized spacial score (nSPS) is 11.8. The van der Waals surface area contributed by atoms with Gasteiger partial charge >= 0.3 is 6.03 Å². The number of fused-ring (bicyclic) bond motifs is 1. The third-order valence-electron chi connectivity index (χ3n) is 4.21. The van der Waals surface area contributed by atoms with Crippen molar-refractivity contribution >= 4 is 22.6 Å². The van der Waals surface area contributed by atoms with Gasteiger partial charge in [-0.25, -0.2) is 9.48 Å². The van der Waals surface area contributed by atoms with Crippen molar-refractivity contribution < 1.29 is 9.53 Å². The van der Waals surface area contributed by atoms with E-state index in [1.165, 1.54) is 11.8 Å². The number of methoxy groups -OCH3 is 1. The summed E-state index contributed by atoms with van der Waals surface area (Å²) in [4.78, 5) is 24.9. The molecule has 0 bridgehead atoms. The molecule has 0 saturated heterocycles. The van der Waals surface area contributed by atoms with Gasteiger partial charge < -0.3 is 15.4 Å². The molecule has 3 rings (SSSR count). The summed E-state index contributed by atoms with van der Waals surface area (Å²) in [5, 5.41) is 14.2. The third-order valence-corrected chi connectivity index (χ3v) is 4.21. The first-order valence-electron chi connectivity index (χ1n) is 8.65. The van der Waals surface area contributed by atoms with E-state index in [1.807, 2.05) is 13.0 Å². The van der Waals surface area contributed by atoms with Crippen molar-refractivity contribution in [1.82, 2.24) is 20.3 Å². The first kappa shape index (κ1) is 18.4. The lowest BCUT2D eigenvalue weighted by atomic mass is 10.2. The summed E-state index contributed by atoms with van der Waals surface area (Å²) in [5.74, 6) is 0.567. The molecule has 0 fully saturated rings. The molecule has 1 aromatic heterocycles. The maximum absolute atomic E-state index is 12.6. The number of nitrogens with one attached hydrogen (secondary N) is 2. The lowest BCUT2D eigenvalue weighted by Crippen LogP contribution is -2.42. The summed E-state index contributed by atoms with van der Waals surface area (Å²) in [6, 6.07) is 13.5. The number of hydrogen-bond donors (Lipinski definition) is 2. The molecule has 140 valence electrons. The fourth-order valence-electron chi connectivity index (χ4n) is 2.72. The Hall–Kier alpha value is -3.42. The van der Waals surface area contributed by atoms with Crippen LogP contribution in [0.15, 0.2) is 53.3 Å². The van der Waals surface area contributed by atoms with E-state index in [9.17, 15) is 9.59 Å². The average Bonchev–Trinajstić information content (AvgIpc) is 2.70. The quantitative estimate of drug-likeness (QED) is 0.697.